The van der Waals surface area contributed by atoms with Crippen LogP contribution in [0.15, 0.2) is 18.3 Å². The largest absolute Gasteiger partial charge is 0.366 e. The molecule has 1 unspecified atom stereocenters. The average Bonchev–Trinajstić information content (AvgIpc) is 2.99. The molecule has 3 rings (SSSR count). The third-order valence-corrected chi connectivity index (χ3v) is 3.49. The van der Waals surface area contributed by atoms with E-state index in [0.717, 1.165) is 17.7 Å². The van der Waals surface area contributed by atoms with Crippen LogP contribution in [0, 0.1) is 11.8 Å². The molecule has 0 aliphatic heterocycles. The van der Waals surface area contributed by atoms with Crippen molar-refractivity contribution in [1.29, 1.82) is 0 Å². The van der Waals surface area contributed by atoms with Crippen LogP contribution in [0.4, 0.5) is 5.82 Å². The first-order valence-electron chi connectivity index (χ1n) is 5.48. The Morgan fingerprint density at radius 2 is 2.36 bits per heavy atom. The van der Waals surface area contributed by atoms with Gasteiger partial charge in [-0.05, 0) is 36.8 Å². The van der Waals surface area contributed by atoms with Crippen molar-refractivity contribution in [2.75, 3.05) is 5.32 Å². The molecule has 1 heterocycles. The molecule has 3 atom stereocenters. The summed E-state index contributed by atoms with van der Waals surface area (Å²) in [6.07, 6.45) is 7.27. The van der Waals surface area contributed by atoms with E-state index in [4.69, 9.17) is 0 Å². The van der Waals surface area contributed by atoms with Gasteiger partial charge < -0.3 is 5.32 Å². The number of rotatable bonds is 2. The molecule has 14 heavy (non-hydrogen) atoms. The summed E-state index contributed by atoms with van der Waals surface area (Å²) < 4.78 is 0. The highest BCUT2D eigenvalue weighted by atomic mass is 15.2. The van der Waals surface area contributed by atoms with Crippen LogP contribution in [0.25, 0.3) is 0 Å². The highest BCUT2D eigenvalue weighted by Crippen LogP contribution is 2.50. The number of hydrogen-bond acceptors (Lipinski definition) is 3. The summed E-state index contributed by atoms with van der Waals surface area (Å²) in [7, 11) is 0. The summed E-state index contributed by atoms with van der Waals surface area (Å²) in [4.78, 5) is 0. The van der Waals surface area contributed by atoms with Gasteiger partial charge >= 0.3 is 0 Å². The molecular weight excluding hydrogens is 174 g/mol. The van der Waals surface area contributed by atoms with Gasteiger partial charge in [0.15, 0.2) is 0 Å². The van der Waals surface area contributed by atoms with Gasteiger partial charge in [0.2, 0.25) is 0 Å². The van der Waals surface area contributed by atoms with E-state index in [2.05, 4.69) is 15.5 Å². The maximum Gasteiger partial charge on any atom is 0.148 e. The molecule has 1 aromatic rings. The van der Waals surface area contributed by atoms with Gasteiger partial charge in [-0.25, -0.2) is 0 Å². The minimum absolute atomic E-state index is 0.658. The van der Waals surface area contributed by atoms with Crippen molar-refractivity contribution in [1.82, 2.24) is 10.2 Å². The van der Waals surface area contributed by atoms with Gasteiger partial charge in [0.25, 0.3) is 0 Å². The lowest BCUT2D eigenvalue weighted by atomic mass is 9.95. The number of hydrogen-bond donors (Lipinski definition) is 1. The molecule has 1 N–H and O–H groups in total. The van der Waals surface area contributed by atoms with Crippen molar-refractivity contribution in [3.05, 3.63) is 18.3 Å². The SMILES string of the molecule is c1cnnc(NC2CCC[C@H]3C[C@@H]23)c1. The number of nitrogens with one attached hydrogen (secondary N) is 1. The van der Waals surface area contributed by atoms with Crippen LogP contribution in [-0.4, -0.2) is 16.2 Å². The lowest BCUT2D eigenvalue weighted by Gasteiger charge is -2.22. The van der Waals surface area contributed by atoms with Crippen LogP contribution in [0.2, 0.25) is 0 Å². The van der Waals surface area contributed by atoms with E-state index in [9.17, 15) is 0 Å². The topological polar surface area (TPSA) is 37.8 Å². The van der Waals surface area contributed by atoms with Gasteiger partial charge in [-0.15, -0.1) is 5.10 Å². The number of anilines is 1. The zero-order chi connectivity index (χ0) is 9.38. The molecule has 3 nitrogen and oxygen atoms in total. The Hall–Kier alpha value is -1.12. The van der Waals surface area contributed by atoms with Crippen LogP contribution in [-0.2, 0) is 0 Å². The fourth-order valence-electron chi connectivity index (χ4n) is 2.66. The highest BCUT2D eigenvalue weighted by molar-refractivity contribution is 5.34. The first-order valence-corrected chi connectivity index (χ1v) is 5.48. The van der Waals surface area contributed by atoms with Crippen molar-refractivity contribution in [2.45, 2.75) is 31.7 Å². The van der Waals surface area contributed by atoms with Crippen molar-refractivity contribution in [3.8, 4) is 0 Å². The van der Waals surface area contributed by atoms with E-state index in [-0.39, 0.29) is 0 Å². The Balaban J connectivity index is 1.67. The summed E-state index contributed by atoms with van der Waals surface area (Å²) in [6.45, 7) is 0. The molecule has 2 fully saturated rings. The molecule has 0 radical (unpaired) electrons. The van der Waals surface area contributed by atoms with E-state index in [1.54, 1.807) is 6.20 Å². The normalized spacial score (nSPS) is 34.7. The highest BCUT2D eigenvalue weighted by Gasteiger charge is 2.45. The number of aromatic nitrogens is 2. The molecule has 2 aliphatic rings. The van der Waals surface area contributed by atoms with E-state index >= 15 is 0 Å². The summed E-state index contributed by atoms with van der Waals surface area (Å²) in [5, 5.41) is 11.4. The minimum Gasteiger partial charge on any atom is -0.366 e. The van der Waals surface area contributed by atoms with Gasteiger partial charge in [0.1, 0.15) is 5.82 Å². The Kier molecular flexibility index (Phi) is 1.89. The zero-order valence-electron chi connectivity index (χ0n) is 8.19. The Bertz CT molecular complexity index is 312. The monoisotopic (exact) mass is 189 g/mol. The number of nitrogens with zero attached hydrogens (tertiary/aromatic N) is 2. The van der Waals surface area contributed by atoms with Crippen molar-refractivity contribution in [3.63, 3.8) is 0 Å². The predicted octanol–water partition coefficient (Wildman–Crippen LogP) is 2.08. The van der Waals surface area contributed by atoms with E-state index in [0.29, 0.717) is 6.04 Å². The average molecular weight is 189 g/mol. The molecule has 0 bridgehead atoms. The van der Waals surface area contributed by atoms with Gasteiger partial charge in [0.05, 0.1) is 0 Å². The van der Waals surface area contributed by atoms with Crippen LogP contribution < -0.4 is 5.32 Å². The lowest BCUT2D eigenvalue weighted by Crippen LogP contribution is -2.26. The van der Waals surface area contributed by atoms with Gasteiger partial charge in [-0.3, -0.25) is 0 Å². The Morgan fingerprint density at radius 3 is 3.21 bits per heavy atom. The van der Waals surface area contributed by atoms with Crippen LogP contribution in [0.3, 0.4) is 0 Å². The molecule has 3 heteroatoms. The quantitative estimate of drug-likeness (QED) is 0.774. The Labute approximate surface area is 83.9 Å². The van der Waals surface area contributed by atoms with Crippen molar-refractivity contribution in [2.24, 2.45) is 11.8 Å². The first-order chi connectivity index (χ1) is 6.93. The summed E-state index contributed by atoms with van der Waals surface area (Å²) in [6, 6.07) is 4.59. The minimum atomic E-state index is 0.658. The fraction of sp³-hybridized carbons (Fsp3) is 0.636. The molecule has 2 saturated carbocycles. The van der Waals surface area contributed by atoms with Crippen LogP contribution >= 0.6 is 0 Å². The van der Waals surface area contributed by atoms with E-state index < -0.39 is 0 Å². The molecule has 2 aliphatic carbocycles. The first kappa shape index (κ1) is 8.21. The van der Waals surface area contributed by atoms with Crippen LogP contribution in [0.5, 0.6) is 0 Å². The summed E-state index contributed by atoms with van der Waals surface area (Å²) in [5.41, 5.74) is 0. The van der Waals surface area contributed by atoms with E-state index in [1.807, 2.05) is 12.1 Å². The molecule has 1 aromatic heterocycles. The smallest absolute Gasteiger partial charge is 0.148 e. The van der Waals surface area contributed by atoms with Gasteiger partial charge in [0, 0.05) is 12.2 Å². The summed E-state index contributed by atoms with van der Waals surface area (Å²) in [5.74, 6) is 2.87. The second-order valence-electron chi connectivity index (χ2n) is 4.45. The third-order valence-electron chi connectivity index (χ3n) is 3.49. The second-order valence-corrected chi connectivity index (χ2v) is 4.45. The fourth-order valence-corrected chi connectivity index (χ4v) is 2.66. The predicted molar refractivity (Wildman–Crippen MR) is 54.9 cm³/mol. The van der Waals surface area contributed by atoms with Gasteiger partial charge in [-0.2, -0.15) is 5.10 Å². The molecule has 74 valence electrons. The Morgan fingerprint density at radius 1 is 1.36 bits per heavy atom. The second kappa shape index (κ2) is 3.23. The lowest BCUT2D eigenvalue weighted by molar-refractivity contribution is 0.438. The third kappa shape index (κ3) is 1.47. The molecule has 0 spiro atoms. The molecular formula is C11H15N3. The maximum atomic E-state index is 4.06. The van der Waals surface area contributed by atoms with Crippen molar-refractivity contribution >= 4 is 5.82 Å². The summed E-state index contributed by atoms with van der Waals surface area (Å²) >= 11 is 0. The zero-order valence-corrected chi connectivity index (χ0v) is 8.19. The van der Waals surface area contributed by atoms with Crippen molar-refractivity contribution < 1.29 is 0 Å². The molecule has 0 saturated heterocycles. The van der Waals surface area contributed by atoms with Gasteiger partial charge in [-0.1, -0.05) is 12.8 Å². The molecule has 0 aromatic carbocycles. The standard InChI is InChI=1S/C11H15N3/c1-3-8-7-9(8)10(4-1)13-11-5-2-6-12-14-11/h2,5-6,8-10H,1,3-4,7H2,(H,13,14)/t8-,9+,10?/m0/s1. The van der Waals surface area contributed by atoms with E-state index in [1.165, 1.54) is 25.7 Å². The molecule has 0 amide bonds. The number of fused-ring (bicyclic) bond motifs is 1. The maximum absolute atomic E-state index is 4.06. The van der Waals surface area contributed by atoms with Crippen LogP contribution in [0.1, 0.15) is 25.7 Å².